The molecule has 0 bridgehead atoms. The van der Waals surface area contributed by atoms with Crippen molar-refractivity contribution in [2.24, 2.45) is 11.8 Å². The van der Waals surface area contributed by atoms with Crippen LogP contribution in [0.15, 0.2) is 48.5 Å². The molecule has 2 aromatic rings. The number of fused-ring (bicyclic) bond motifs is 1. The molecule has 198 valence electrons. The van der Waals surface area contributed by atoms with Gasteiger partial charge in [0.2, 0.25) is 17.7 Å². The van der Waals surface area contributed by atoms with Gasteiger partial charge in [-0.2, -0.15) is 0 Å². The molecule has 0 aromatic heterocycles. The van der Waals surface area contributed by atoms with Crippen molar-refractivity contribution in [3.8, 4) is 0 Å². The third-order valence-corrected chi connectivity index (χ3v) is 7.45. The van der Waals surface area contributed by atoms with Gasteiger partial charge in [0.25, 0.3) is 0 Å². The fourth-order valence-electron chi connectivity index (χ4n) is 5.71. The third kappa shape index (κ3) is 5.72. The number of likely N-dealkylation sites (N-methyl/N-ethyl adjacent to an activating group) is 1. The topological polar surface area (TPSA) is 73.0 Å². The van der Waals surface area contributed by atoms with Crippen molar-refractivity contribution in [2.75, 3.05) is 28.2 Å². The van der Waals surface area contributed by atoms with Gasteiger partial charge in [-0.05, 0) is 67.4 Å². The number of carbonyl (C=O) groups excluding carboxylic acids is 3. The van der Waals surface area contributed by atoms with Crippen LogP contribution in [-0.2, 0) is 33.8 Å². The van der Waals surface area contributed by atoms with Crippen molar-refractivity contribution < 1.29 is 14.4 Å². The van der Waals surface area contributed by atoms with Crippen molar-refractivity contribution >= 4 is 17.7 Å². The highest BCUT2D eigenvalue weighted by atomic mass is 16.2. The number of nitrogens with zero attached hydrogens (tertiary/aromatic N) is 3. The lowest BCUT2D eigenvalue weighted by Gasteiger charge is -2.45. The average molecular weight is 505 g/mol. The van der Waals surface area contributed by atoms with E-state index in [4.69, 9.17) is 0 Å². The van der Waals surface area contributed by atoms with E-state index in [0.717, 1.165) is 30.5 Å². The summed E-state index contributed by atoms with van der Waals surface area (Å²) in [7, 11) is 7.42. The van der Waals surface area contributed by atoms with E-state index in [-0.39, 0.29) is 29.6 Å². The van der Waals surface area contributed by atoms with Crippen LogP contribution in [0.2, 0.25) is 0 Å². The van der Waals surface area contributed by atoms with Crippen LogP contribution in [0.5, 0.6) is 0 Å². The molecule has 0 radical (unpaired) electrons. The summed E-state index contributed by atoms with van der Waals surface area (Å²) in [4.78, 5) is 46.8. The molecule has 7 nitrogen and oxygen atoms in total. The first-order valence-electron chi connectivity index (χ1n) is 13.2. The summed E-state index contributed by atoms with van der Waals surface area (Å²) >= 11 is 0. The first-order chi connectivity index (χ1) is 17.6. The second kappa shape index (κ2) is 11.1. The summed E-state index contributed by atoms with van der Waals surface area (Å²) in [6.07, 6.45) is 1.97. The summed E-state index contributed by atoms with van der Waals surface area (Å²) in [6, 6.07) is 13.8. The maximum Gasteiger partial charge on any atom is 0.249 e. The summed E-state index contributed by atoms with van der Waals surface area (Å²) in [5.41, 5.74) is 4.30. The number of hydrogen-bond donors (Lipinski definition) is 1. The zero-order chi connectivity index (χ0) is 26.9. The van der Waals surface area contributed by atoms with E-state index < -0.39 is 18.1 Å². The van der Waals surface area contributed by atoms with E-state index in [1.54, 1.807) is 19.0 Å². The highest BCUT2D eigenvalue weighted by Crippen LogP contribution is 2.35. The highest BCUT2D eigenvalue weighted by Gasteiger charge is 2.49. The molecule has 2 aromatic carbocycles. The molecule has 1 saturated heterocycles. The molecule has 7 heteroatoms. The summed E-state index contributed by atoms with van der Waals surface area (Å²) in [5.74, 6) is -0.397. The highest BCUT2D eigenvalue weighted by molar-refractivity contribution is 6.00. The van der Waals surface area contributed by atoms with E-state index in [1.807, 2.05) is 64.3 Å². The van der Waals surface area contributed by atoms with E-state index >= 15 is 0 Å². The number of nitrogens with one attached hydrogen (secondary N) is 1. The molecule has 1 N–H and O–H groups in total. The molecule has 2 aliphatic rings. The Labute approximate surface area is 220 Å². The van der Waals surface area contributed by atoms with Gasteiger partial charge in [-0.15, -0.1) is 0 Å². The van der Waals surface area contributed by atoms with E-state index in [0.29, 0.717) is 6.42 Å². The van der Waals surface area contributed by atoms with Crippen molar-refractivity contribution in [1.29, 1.82) is 0 Å². The van der Waals surface area contributed by atoms with Crippen LogP contribution < -0.4 is 5.32 Å². The number of piperazine rings is 1. The summed E-state index contributed by atoms with van der Waals surface area (Å²) in [6.45, 7) is 4.85. The monoisotopic (exact) mass is 504 g/mol. The molecule has 3 amide bonds. The number of rotatable bonds is 8. The average Bonchev–Trinajstić information content (AvgIpc) is 3.27. The third-order valence-electron chi connectivity index (χ3n) is 7.45. The molecular weight excluding hydrogens is 464 g/mol. The minimum absolute atomic E-state index is 0.0334. The molecule has 4 rings (SSSR count). The number of benzene rings is 2. The molecule has 1 aliphatic heterocycles. The number of amides is 3. The first-order valence-corrected chi connectivity index (χ1v) is 13.2. The fourth-order valence-corrected chi connectivity index (χ4v) is 5.71. The lowest BCUT2D eigenvalue weighted by atomic mass is 9.87. The molecule has 37 heavy (non-hydrogen) atoms. The summed E-state index contributed by atoms with van der Waals surface area (Å²) < 4.78 is 0. The largest absolute Gasteiger partial charge is 0.347 e. The Kier molecular flexibility index (Phi) is 8.02. The van der Waals surface area contributed by atoms with Crippen LogP contribution in [0.4, 0.5) is 0 Å². The van der Waals surface area contributed by atoms with Crippen LogP contribution in [0.1, 0.15) is 48.6 Å². The molecule has 3 atom stereocenters. The van der Waals surface area contributed by atoms with Gasteiger partial charge in [-0.3, -0.25) is 14.4 Å². The van der Waals surface area contributed by atoms with Crippen molar-refractivity contribution in [3.05, 3.63) is 70.8 Å². The second-order valence-electron chi connectivity index (χ2n) is 11.4. The molecular formula is C30H40N4O3. The maximum atomic E-state index is 14.3. The van der Waals surface area contributed by atoms with Crippen LogP contribution >= 0.6 is 0 Å². The smallest absolute Gasteiger partial charge is 0.249 e. The van der Waals surface area contributed by atoms with Gasteiger partial charge in [-0.25, -0.2) is 0 Å². The minimum atomic E-state index is -0.864. The lowest BCUT2D eigenvalue weighted by molar-refractivity contribution is -0.159. The Bertz CT molecular complexity index is 1120. The predicted molar refractivity (Wildman–Crippen MR) is 145 cm³/mol. The zero-order valence-electron chi connectivity index (χ0n) is 22.9. The van der Waals surface area contributed by atoms with Crippen molar-refractivity contribution in [2.45, 2.75) is 57.8 Å². The lowest BCUT2D eigenvalue weighted by Crippen LogP contribution is -2.67. The summed E-state index contributed by atoms with van der Waals surface area (Å²) in [5, 5.41) is 3.07. The fraction of sp³-hybridized carbons (Fsp3) is 0.500. The van der Waals surface area contributed by atoms with Crippen LogP contribution in [-0.4, -0.2) is 72.7 Å². The van der Waals surface area contributed by atoms with Gasteiger partial charge >= 0.3 is 0 Å². The van der Waals surface area contributed by atoms with Crippen LogP contribution in [0.3, 0.4) is 0 Å². The van der Waals surface area contributed by atoms with Crippen molar-refractivity contribution in [3.63, 3.8) is 0 Å². The van der Waals surface area contributed by atoms with Gasteiger partial charge in [0.05, 0.1) is 0 Å². The number of hydrogen-bond acceptors (Lipinski definition) is 4. The Morgan fingerprint density at radius 3 is 2.08 bits per heavy atom. The Balaban J connectivity index is 1.73. The standard InChI is InChI=1S/C30H40N4O3/c1-19(2)15-25-28(35)31-26(24-16-22-9-7-8-10-23(22)17-24)29(36)34(25)27(30(37)33(5)6)21-13-11-20(12-14-21)18-32(3)4/h7-14,19,24-27H,15-18H2,1-6H3,(H,31,35). The molecule has 0 saturated carbocycles. The van der Waals surface area contributed by atoms with E-state index in [2.05, 4.69) is 22.3 Å². The normalized spacial score (nSPS) is 20.8. The van der Waals surface area contributed by atoms with E-state index in [1.165, 1.54) is 16.0 Å². The zero-order valence-corrected chi connectivity index (χ0v) is 22.9. The quantitative estimate of drug-likeness (QED) is 0.600. The van der Waals surface area contributed by atoms with Gasteiger partial charge in [0, 0.05) is 20.6 Å². The molecule has 1 aliphatic carbocycles. The Morgan fingerprint density at radius 2 is 1.57 bits per heavy atom. The maximum absolute atomic E-state index is 14.3. The van der Waals surface area contributed by atoms with E-state index in [9.17, 15) is 14.4 Å². The van der Waals surface area contributed by atoms with Gasteiger partial charge in [0.1, 0.15) is 18.1 Å². The van der Waals surface area contributed by atoms with Gasteiger partial charge < -0.3 is 20.0 Å². The minimum Gasteiger partial charge on any atom is -0.347 e. The van der Waals surface area contributed by atoms with Gasteiger partial charge in [0.15, 0.2) is 0 Å². The molecule has 1 heterocycles. The molecule has 0 spiro atoms. The number of carbonyl (C=O) groups is 3. The van der Waals surface area contributed by atoms with Crippen molar-refractivity contribution in [1.82, 2.24) is 20.0 Å². The molecule has 1 fully saturated rings. The first kappa shape index (κ1) is 26.9. The predicted octanol–water partition coefficient (Wildman–Crippen LogP) is 3.03. The van der Waals surface area contributed by atoms with Crippen LogP contribution in [0.25, 0.3) is 0 Å². The SMILES string of the molecule is CC(C)CC1C(=O)NC(C2Cc3ccccc3C2)C(=O)N1C(C(=O)N(C)C)c1ccc(CN(C)C)cc1. The van der Waals surface area contributed by atoms with Crippen LogP contribution in [0, 0.1) is 11.8 Å². The second-order valence-corrected chi connectivity index (χ2v) is 11.4. The Morgan fingerprint density at radius 1 is 0.973 bits per heavy atom. The molecule has 3 unspecified atom stereocenters. The Hall–Kier alpha value is -3.19. The van der Waals surface area contributed by atoms with Gasteiger partial charge in [-0.1, -0.05) is 62.4 Å².